The number of carbonyl (C=O) groups is 2. The van der Waals surface area contributed by atoms with Gasteiger partial charge in [-0.3, -0.25) is 14.6 Å². The summed E-state index contributed by atoms with van der Waals surface area (Å²) in [6.07, 6.45) is 4.34. The molecular weight excluding hydrogens is 424 g/mol. The molecule has 0 radical (unpaired) electrons. The minimum Gasteiger partial charge on any atom is -0.368 e. The third-order valence-electron chi connectivity index (χ3n) is 7.09. The number of fused-ring (bicyclic) bond motifs is 1. The number of likely N-dealkylation sites (tertiary alicyclic amines) is 1. The van der Waals surface area contributed by atoms with Crippen molar-refractivity contribution in [1.82, 2.24) is 9.88 Å². The molecule has 1 saturated heterocycles. The second-order valence-corrected chi connectivity index (χ2v) is 9.42. The van der Waals surface area contributed by atoms with Crippen molar-refractivity contribution in [2.75, 3.05) is 0 Å². The number of hydrogen-bond donors (Lipinski definition) is 1. The lowest BCUT2D eigenvalue weighted by atomic mass is 9.82. The summed E-state index contributed by atoms with van der Waals surface area (Å²) in [6, 6.07) is 4.64. The fraction of sp³-hybridized carbons (Fsp3) is 0.435. The van der Waals surface area contributed by atoms with Gasteiger partial charge in [-0.15, -0.1) is 0 Å². The molecule has 2 N–H and O–H groups in total. The maximum Gasteiger partial charge on any atom is 0.255 e. The van der Waals surface area contributed by atoms with Gasteiger partial charge in [-0.1, -0.05) is 11.6 Å². The zero-order valence-corrected chi connectivity index (χ0v) is 17.7. The van der Waals surface area contributed by atoms with Crippen LogP contribution in [-0.2, 0) is 4.79 Å². The van der Waals surface area contributed by atoms with Crippen LogP contribution in [0.2, 0.25) is 5.02 Å². The standard InChI is InChI=1S/C23H22ClF2N3O2/c1-11-6-13(4-5-28-11)22(31)29-19(21(27)30)7-14-10-23(14,29)20(12-2-3-12)15-8-18(26)16(24)9-17(15)25/h4-6,8-9,12,14,19-20H,2-3,7,10H2,1H3,(H2,27,30)/t14?,19?,20-,23?/m1/s1. The zero-order chi connectivity index (χ0) is 22.1. The number of carbonyl (C=O) groups excluding carboxylic acids is 2. The lowest BCUT2D eigenvalue weighted by Gasteiger charge is -2.39. The summed E-state index contributed by atoms with van der Waals surface area (Å²) in [5.74, 6) is -2.47. The molecule has 2 saturated carbocycles. The number of halogens is 3. The van der Waals surface area contributed by atoms with Crippen molar-refractivity contribution in [1.29, 1.82) is 0 Å². The molecule has 1 aliphatic heterocycles. The molecule has 5 nitrogen and oxygen atoms in total. The summed E-state index contributed by atoms with van der Waals surface area (Å²) in [5.41, 5.74) is 6.23. The molecule has 3 aliphatic rings. The lowest BCUT2D eigenvalue weighted by molar-refractivity contribution is -0.122. The van der Waals surface area contributed by atoms with Gasteiger partial charge in [0.15, 0.2) is 0 Å². The summed E-state index contributed by atoms with van der Waals surface area (Å²) >= 11 is 5.78. The molecule has 0 bridgehead atoms. The number of nitrogens with zero attached hydrogens (tertiary/aromatic N) is 2. The van der Waals surface area contributed by atoms with E-state index in [1.54, 1.807) is 30.2 Å². The Labute approximate surface area is 183 Å². The average Bonchev–Trinajstić information content (AvgIpc) is 3.64. The Hall–Kier alpha value is -2.54. The van der Waals surface area contributed by atoms with Gasteiger partial charge in [0.05, 0.1) is 10.6 Å². The van der Waals surface area contributed by atoms with E-state index in [-0.39, 0.29) is 28.3 Å². The van der Waals surface area contributed by atoms with Gasteiger partial charge in [-0.2, -0.15) is 0 Å². The number of primary amides is 1. The monoisotopic (exact) mass is 445 g/mol. The van der Waals surface area contributed by atoms with E-state index in [1.165, 1.54) is 0 Å². The largest absolute Gasteiger partial charge is 0.368 e. The fourth-order valence-corrected chi connectivity index (χ4v) is 5.79. The molecule has 3 fully saturated rings. The fourth-order valence-electron chi connectivity index (χ4n) is 5.64. The van der Waals surface area contributed by atoms with Crippen LogP contribution in [0.4, 0.5) is 8.78 Å². The molecular formula is C23H22ClF2N3O2. The van der Waals surface area contributed by atoms with Gasteiger partial charge < -0.3 is 10.6 Å². The number of aromatic nitrogens is 1. The Morgan fingerprint density at radius 1 is 1.26 bits per heavy atom. The second kappa shape index (κ2) is 6.99. The van der Waals surface area contributed by atoms with Gasteiger partial charge in [-0.25, -0.2) is 8.78 Å². The second-order valence-electron chi connectivity index (χ2n) is 9.01. The van der Waals surface area contributed by atoms with E-state index in [0.29, 0.717) is 24.1 Å². The maximum absolute atomic E-state index is 15.0. The van der Waals surface area contributed by atoms with Crippen LogP contribution in [0, 0.1) is 30.4 Å². The van der Waals surface area contributed by atoms with Crippen molar-refractivity contribution in [3.8, 4) is 0 Å². The van der Waals surface area contributed by atoms with Crippen LogP contribution in [-0.4, -0.2) is 33.3 Å². The Kier molecular flexibility index (Phi) is 4.59. The van der Waals surface area contributed by atoms with Gasteiger partial charge in [0.1, 0.15) is 17.7 Å². The summed E-state index contributed by atoms with van der Waals surface area (Å²) in [5, 5.41) is -0.276. The van der Waals surface area contributed by atoms with Crippen LogP contribution in [0.15, 0.2) is 30.5 Å². The first-order valence-corrected chi connectivity index (χ1v) is 10.8. The minimum atomic E-state index is -0.777. The zero-order valence-electron chi connectivity index (χ0n) is 16.9. The Morgan fingerprint density at radius 3 is 2.65 bits per heavy atom. The molecule has 2 aliphatic carbocycles. The summed E-state index contributed by atoms with van der Waals surface area (Å²) in [6.45, 7) is 1.78. The van der Waals surface area contributed by atoms with Gasteiger partial charge in [0.25, 0.3) is 5.91 Å². The summed E-state index contributed by atoms with van der Waals surface area (Å²) in [7, 11) is 0. The average molecular weight is 446 g/mol. The van der Waals surface area contributed by atoms with Crippen LogP contribution in [0.3, 0.4) is 0 Å². The van der Waals surface area contributed by atoms with E-state index in [2.05, 4.69) is 4.98 Å². The van der Waals surface area contributed by atoms with Crippen LogP contribution in [0.1, 0.15) is 53.2 Å². The number of pyridine rings is 1. The molecule has 1 aromatic heterocycles. The first-order valence-electron chi connectivity index (χ1n) is 10.4. The number of nitrogens with two attached hydrogens (primary N) is 1. The lowest BCUT2D eigenvalue weighted by Crippen LogP contribution is -2.53. The normalized spacial score (nSPS) is 27.7. The SMILES string of the molecule is Cc1cc(C(=O)N2C(C(N)=O)CC3CC32[C@@H](c2cc(F)c(Cl)cc2F)C2CC2)ccn1. The van der Waals surface area contributed by atoms with E-state index in [9.17, 15) is 14.0 Å². The van der Waals surface area contributed by atoms with Gasteiger partial charge in [0, 0.05) is 23.4 Å². The molecule has 2 amide bonds. The molecule has 2 heterocycles. The van der Waals surface area contributed by atoms with E-state index >= 15 is 4.39 Å². The number of aryl methyl sites for hydroxylation is 1. The third kappa shape index (κ3) is 3.13. The Morgan fingerprint density at radius 2 is 2.00 bits per heavy atom. The van der Waals surface area contributed by atoms with Crippen molar-refractivity contribution in [2.24, 2.45) is 17.6 Å². The number of rotatable bonds is 5. The minimum absolute atomic E-state index is 0.0145. The smallest absolute Gasteiger partial charge is 0.255 e. The molecule has 5 rings (SSSR count). The molecule has 3 unspecified atom stereocenters. The predicted octanol–water partition coefficient (Wildman–Crippen LogP) is 3.97. The molecule has 0 spiro atoms. The number of amides is 2. The first-order chi connectivity index (χ1) is 14.7. The predicted molar refractivity (Wildman–Crippen MR) is 110 cm³/mol. The van der Waals surface area contributed by atoms with Crippen molar-refractivity contribution in [3.63, 3.8) is 0 Å². The van der Waals surface area contributed by atoms with E-state index in [4.69, 9.17) is 17.3 Å². The van der Waals surface area contributed by atoms with E-state index in [0.717, 1.165) is 25.0 Å². The number of benzene rings is 1. The first kappa shape index (κ1) is 20.4. The highest BCUT2D eigenvalue weighted by atomic mass is 35.5. The quantitative estimate of drug-likeness (QED) is 0.707. The van der Waals surface area contributed by atoms with Crippen LogP contribution in [0.5, 0.6) is 0 Å². The highest BCUT2D eigenvalue weighted by Crippen LogP contribution is 2.69. The van der Waals surface area contributed by atoms with Crippen molar-refractivity contribution in [3.05, 3.63) is 63.9 Å². The Balaban J connectivity index is 1.63. The van der Waals surface area contributed by atoms with Crippen molar-refractivity contribution < 1.29 is 18.4 Å². The van der Waals surface area contributed by atoms with Gasteiger partial charge >= 0.3 is 0 Å². The van der Waals surface area contributed by atoms with Crippen molar-refractivity contribution in [2.45, 2.75) is 50.1 Å². The molecule has 31 heavy (non-hydrogen) atoms. The summed E-state index contributed by atoms with van der Waals surface area (Å²) in [4.78, 5) is 31.6. The highest BCUT2D eigenvalue weighted by molar-refractivity contribution is 6.30. The highest BCUT2D eigenvalue weighted by Gasteiger charge is 2.73. The van der Waals surface area contributed by atoms with Crippen LogP contribution < -0.4 is 5.73 Å². The third-order valence-corrected chi connectivity index (χ3v) is 7.38. The topological polar surface area (TPSA) is 76.3 Å². The number of piperidine rings is 1. The van der Waals surface area contributed by atoms with E-state index in [1.807, 2.05) is 0 Å². The molecule has 1 aromatic carbocycles. The van der Waals surface area contributed by atoms with E-state index < -0.39 is 35.0 Å². The molecule has 8 heteroatoms. The molecule has 2 aromatic rings. The van der Waals surface area contributed by atoms with Crippen LogP contribution in [0.25, 0.3) is 0 Å². The summed E-state index contributed by atoms with van der Waals surface area (Å²) < 4.78 is 29.4. The number of hydrogen-bond acceptors (Lipinski definition) is 3. The molecule has 4 atom stereocenters. The van der Waals surface area contributed by atoms with Gasteiger partial charge in [0.2, 0.25) is 5.91 Å². The maximum atomic E-state index is 15.0. The van der Waals surface area contributed by atoms with Gasteiger partial charge in [-0.05, 0) is 74.3 Å². The van der Waals surface area contributed by atoms with Crippen molar-refractivity contribution >= 4 is 23.4 Å². The molecule has 162 valence electrons. The van der Waals surface area contributed by atoms with Crippen LogP contribution >= 0.6 is 11.6 Å². The Bertz CT molecular complexity index is 1110.